The molecule has 0 amide bonds. The van der Waals surface area contributed by atoms with Gasteiger partial charge in [-0.05, 0) is 47.9 Å². The molecule has 2 nitrogen and oxygen atoms in total. The Labute approximate surface area is 120 Å². The molecular formula is C16H27NOS. The Morgan fingerprint density at radius 3 is 2.26 bits per heavy atom. The predicted octanol–water partition coefficient (Wildman–Crippen LogP) is 3.14. The molecule has 1 aromatic rings. The largest absolute Gasteiger partial charge is 0.330 e. The van der Waals surface area contributed by atoms with Crippen LogP contribution in [0.25, 0.3) is 0 Å². The van der Waals surface area contributed by atoms with Gasteiger partial charge >= 0.3 is 0 Å². The van der Waals surface area contributed by atoms with Gasteiger partial charge in [-0.2, -0.15) is 0 Å². The Bertz CT molecular complexity index is 435. The molecule has 0 aliphatic rings. The molecule has 0 radical (unpaired) electrons. The lowest BCUT2D eigenvalue weighted by Gasteiger charge is -2.21. The molecule has 1 atom stereocenters. The van der Waals surface area contributed by atoms with Crippen LogP contribution in [-0.2, 0) is 28.4 Å². The third-order valence-electron chi connectivity index (χ3n) is 3.21. The summed E-state index contributed by atoms with van der Waals surface area (Å²) in [5.74, 6) is 0.647. The molecule has 1 aromatic carbocycles. The normalized spacial score (nSPS) is 13.5. The molecule has 0 saturated carbocycles. The first kappa shape index (κ1) is 16.4. The highest BCUT2D eigenvalue weighted by molar-refractivity contribution is 7.83. The van der Waals surface area contributed by atoms with E-state index in [1.807, 2.05) is 0 Å². The molecule has 108 valence electrons. The van der Waals surface area contributed by atoms with Gasteiger partial charge in [0.1, 0.15) is 0 Å². The SMILES string of the molecule is CS(=O)Cc1cc(CCCCN)cc(C(C)(C)C)c1. The molecule has 0 aliphatic carbocycles. The van der Waals surface area contributed by atoms with E-state index >= 15 is 0 Å². The molecular weight excluding hydrogens is 254 g/mol. The van der Waals surface area contributed by atoms with Crippen molar-refractivity contribution in [1.29, 1.82) is 0 Å². The van der Waals surface area contributed by atoms with Gasteiger partial charge in [0.15, 0.2) is 0 Å². The molecule has 0 spiro atoms. The van der Waals surface area contributed by atoms with E-state index in [-0.39, 0.29) is 5.41 Å². The van der Waals surface area contributed by atoms with Gasteiger partial charge in [-0.3, -0.25) is 4.21 Å². The van der Waals surface area contributed by atoms with Crippen molar-refractivity contribution in [3.8, 4) is 0 Å². The topological polar surface area (TPSA) is 43.1 Å². The molecule has 2 N–H and O–H groups in total. The Balaban J connectivity index is 2.98. The minimum Gasteiger partial charge on any atom is -0.330 e. The maximum atomic E-state index is 11.4. The van der Waals surface area contributed by atoms with Gasteiger partial charge in [-0.1, -0.05) is 39.0 Å². The Kier molecular flexibility index (Phi) is 6.21. The minimum atomic E-state index is -0.787. The number of rotatable bonds is 6. The average molecular weight is 281 g/mol. The van der Waals surface area contributed by atoms with Crippen LogP contribution in [0.3, 0.4) is 0 Å². The summed E-state index contributed by atoms with van der Waals surface area (Å²) >= 11 is 0. The molecule has 0 aliphatic heterocycles. The first-order valence-corrected chi connectivity index (χ1v) is 8.69. The zero-order valence-corrected chi connectivity index (χ0v) is 13.5. The van der Waals surface area contributed by atoms with Crippen molar-refractivity contribution < 1.29 is 4.21 Å². The van der Waals surface area contributed by atoms with E-state index in [0.29, 0.717) is 5.75 Å². The molecule has 0 aromatic heterocycles. The van der Waals surface area contributed by atoms with Crippen LogP contribution in [0.4, 0.5) is 0 Å². The van der Waals surface area contributed by atoms with E-state index < -0.39 is 10.8 Å². The van der Waals surface area contributed by atoms with Crippen LogP contribution >= 0.6 is 0 Å². The fourth-order valence-electron chi connectivity index (χ4n) is 2.13. The number of hydrogen-bond donors (Lipinski definition) is 1. The van der Waals surface area contributed by atoms with Crippen LogP contribution in [0.5, 0.6) is 0 Å². The van der Waals surface area contributed by atoms with Crippen molar-refractivity contribution in [1.82, 2.24) is 0 Å². The van der Waals surface area contributed by atoms with Gasteiger partial charge in [0.25, 0.3) is 0 Å². The van der Waals surface area contributed by atoms with Crippen LogP contribution in [0, 0.1) is 0 Å². The van der Waals surface area contributed by atoms with Crippen molar-refractivity contribution >= 4 is 10.8 Å². The maximum Gasteiger partial charge on any atom is 0.0483 e. The van der Waals surface area contributed by atoms with Crippen molar-refractivity contribution in [2.45, 2.75) is 51.2 Å². The summed E-state index contributed by atoms with van der Waals surface area (Å²) in [6, 6.07) is 6.69. The highest BCUT2D eigenvalue weighted by Gasteiger charge is 2.15. The summed E-state index contributed by atoms with van der Waals surface area (Å²) in [5.41, 5.74) is 9.55. The van der Waals surface area contributed by atoms with E-state index in [1.165, 1.54) is 16.7 Å². The summed E-state index contributed by atoms with van der Waals surface area (Å²) in [6.45, 7) is 7.42. The number of nitrogens with two attached hydrogens (primary N) is 1. The highest BCUT2D eigenvalue weighted by atomic mass is 32.2. The third-order valence-corrected chi connectivity index (χ3v) is 3.95. The second-order valence-electron chi connectivity index (χ2n) is 6.25. The number of unbranched alkanes of at least 4 members (excludes halogenated alkanes) is 1. The smallest absolute Gasteiger partial charge is 0.0483 e. The van der Waals surface area contributed by atoms with Crippen LogP contribution in [-0.4, -0.2) is 17.0 Å². The van der Waals surface area contributed by atoms with Crippen LogP contribution in [0.1, 0.15) is 50.3 Å². The van der Waals surface area contributed by atoms with E-state index in [0.717, 1.165) is 25.8 Å². The third kappa shape index (κ3) is 5.87. The van der Waals surface area contributed by atoms with Gasteiger partial charge in [0.2, 0.25) is 0 Å². The van der Waals surface area contributed by atoms with E-state index in [1.54, 1.807) is 6.26 Å². The lowest BCUT2D eigenvalue weighted by Crippen LogP contribution is -2.12. The highest BCUT2D eigenvalue weighted by Crippen LogP contribution is 2.25. The quantitative estimate of drug-likeness (QED) is 0.814. The molecule has 1 unspecified atom stereocenters. The van der Waals surface area contributed by atoms with Crippen molar-refractivity contribution in [3.63, 3.8) is 0 Å². The number of aryl methyl sites for hydroxylation is 1. The van der Waals surface area contributed by atoms with Crippen LogP contribution < -0.4 is 5.73 Å². The zero-order chi connectivity index (χ0) is 14.5. The van der Waals surface area contributed by atoms with Gasteiger partial charge in [-0.25, -0.2) is 0 Å². The van der Waals surface area contributed by atoms with Gasteiger partial charge in [0, 0.05) is 22.8 Å². The van der Waals surface area contributed by atoms with Crippen molar-refractivity contribution in [3.05, 3.63) is 34.9 Å². The molecule has 3 heteroatoms. The van der Waals surface area contributed by atoms with Crippen molar-refractivity contribution in [2.24, 2.45) is 5.73 Å². The van der Waals surface area contributed by atoms with E-state index in [9.17, 15) is 4.21 Å². The Morgan fingerprint density at radius 1 is 1.11 bits per heavy atom. The van der Waals surface area contributed by atoms with Crippen LogP contribution in [0.2, 0.25) is 0 Å². The van der Waals surface area contributed by atoms with Crippen molar-refractivity contribution in [2.75, 3.05) is 12.8 Å². The van der Waals surface area contributed by atoms with Gasteiger partial charge in [-0.15, -0.1) is 0 Å². The molecule has 19 heavy (non-hydrogen) atoms. The standard InChI is InChI=1S/C16H27NOS/c1-16(2,3)15-10-13(7-5-6-8-17)9-14(11-15)12-19(4)18/h9-11H,5-8,12,17H2,1-4H3. The maximum absolute atomic E-state index is 11.4. The zero-order valence-electron chi connectivity index (χ0n) is 12.7. The summed E-state index contributed by atoms with van der Waals surface area (Å²) in [7, 11) is -0.787. The monoisotopic (exact) mass is 281 g/mol. The predicted molar refractivity (Wildman–Crippen MR) is 84.9 cm³/mol. The molecule has 0 fully saturated rings. The summed E-state index contributed by atoms with van der Waals surface area (Å²) in [6.07, 6.45) is 5.01. The first-order valence-electron chi connectivity index (χ1n) is 6.96. The fraction of sp³-hybridized carbons (Fsp3) is 0.625. The molecule has 0 saturated heterocycles. The molecule has 0 heterocycles. The molecule has 0 bridgehead atoms. The van der Waals surface area contributed by atoms with E-state index in [2.05, 4.69) is 39.0 Å². The Hall–Kier alpha value is -0.670. The lowest BCUT2D eigenvalue weighted by molar-refractivity contribution is 0.588. The average Bonchev–Trinajstić information content (AvgIpc) is 2.27. The first-order chi connectivity index (χ1) is 8.82. The van der Waals surface area contributed by atoms with E-state index in [4.69, 9.17) is 5.73 Å². The minimum absolute atomic E-state index is 0.133. The second-order valence-corrected chi connectivity index (χ2v) is 7.69. The summed E-state index contributed by atoms with van der Waals surface area (Å²) < 4.78 is 11.4. The van der Waals surface area contributed by atoms with Gasteiger partial charge in [0.05, 0.1) is 0 Å². The summed E-state index contributed by atoms with van der Waals surface area (Å²) in [5, 5.41) is 0. The molecule has 1 rings (SSSR count). The second kappa shape index (κ2) is 7.20. The number of hydrogen-bond acceptors (Lipinski definition) is 2. The fourth-order valence-corrected chi connectivity index (χ4v) is 2.77. The van der Waals surface area contributed by atoms with Gasteiger partial charge < -0.3 is 5.73 Å². The summed E-state index contributed by atoms with van der Waals surface area (Å²) in [4.78, 5) is 0. The van der Waals surface area contributed by atoms with Crippen LogP contribution in [0.15, 0.2) is 18.2 Å². The number of benzene rings is 1. The lowest BCUT2D eigenvalue weighted by atomic mass is 9.84. The Morgan fingerprint density at radius 2 is 1.74 bits per heavy atom.